The normalized spacial score (nSPS) is 15.3. The Morgan fingerprint density at radius 2 is 1.50 bits per heavy atom. The fraction of sp³-hybridized carbons (Fsp3) is 0.424. The van der Waals surface area contributed by atoms with Crippen molar-refractivity contribution in [2.45, 2.75) is 64.1 Å². The quantitative estimate of drug-likeness (QED) is 0.363. The van der Waals surface area contributed by atoms with Crippen molar-refractivity contribution < 1.29 is 28.6 Å². The molecule has 0 bridgehead atoms. The molecule has 0 atom stereocenters. The van der Waals surface area contributed by atoms with Gasteiger partial charge in [-0.3, -0.25) is 9.59 Å². The number of likely N-dealkylation sites (tertiary alicyclic amines) is 1. The summed E-state index contributed by atoms with van der Waals surface area (Å²) in [5.74, 6) is 1.19. The fourth-order valence-electron chi connectivity index (χ4n) is 5.24. The molecule has 232 valence electrons. The number of amides is 3. The van der Waals surface area contributed by atoms with Gasteiger partial charge in [-0.1, -0.05) is 12.1 Å². The second-order valence-corrected chi connectivity index (χ2v) is 12.0. The number of benzene rings is 2. The number of hydrogen-bond donors (Lipinski definition) is 1. The second kappa shape index (κ2) is 12.9. The lowest BCUT2D eigenvalue weighted by molar-refractivity contribution is 0.0142. The molecule has 2 aliphatic rings. The maximum atomic E-state index is 13.6. The fourth-order valence-corrected chi connectivity index (χ4v) is 5.24. The molecule has 3 amide bonds. The number of nitrogens with one attached hydrogen (secondary N) is 1. The summed E-state index contributed by atoms with van der Waals surface area (Å²) in [6.45, 7) is 6.67. The highest BCUT2D eigenvalue weighted by atomic mass is 16.6. The molecule has 0 radical (unpaired) electrons. The third-order valence-corrected chi connectivity index (χ3v) is 7.65. The van der Waals surface area contributed by atoms with E-state index in [2.05, 4.69) is 15.3 Å². The van der Waals surface area contributed by atoms with Gasteiger partial charge in [0.15, 0.2) is 5.82 Å². The molecule has 1 aliphatic heterocycles. The van der Waals surface area contributed by atoms with Crippen LogP contribution in [0, 0.1) is 0 Å². The highest BCUT2D eigenvalue weighted by Gasteiger charge is 2.40. The van der Waals surface area contributed by atoms with Crippen molar-refractivity contribution in [1.82, 2.24) is 19.8 Å². The maximum Gasteiger partial charge on any atom is 0.410 e. The smallest absolute Gasteiger partial charge is 0.410 e. The molecule has 1 saturated heterocycles. The van der Waals surface area contributed by atoms with Gasteiger partial charge in [-0.25, -0.2) is 14.8 Å². The van der Waals surface area contributed by atoms with Gasteiger partial charge in [-0.05, 0) is 70.7 Å². The number of nitrogens with zero attached hydrogens (tertiary/aromatic N) is 4. The van der Waals surface area contributed by atoms with Crippen LogP contribution in [0.4, 0.5) is 10.5 Å². The van der Waals surface area contributed by atoms with E-state index in [0.717, 1.165) is 18.4 Å². The highest BCUT2D eigenvalue weighted by molar-refractivity contribution is 6.05. The predicted molar refractivity (Wildman–Crippen MR) is 165 cm³/mol. The molecule has 0 unspecified atom stereocenters. The zero-order valence-corrected chi connectivity index (χ0v) is 25.8. The average molecular weight is 602 g/mol. The van der Waals surface area contributed by atoms with Gasteiger partial charge in [0.1, 0.15) is 17.1 Å². The van der Waals surface area contributed by atoms with E-state index in [4.69, 9.17) is 14.2 Å². The molecular formula is C33H39N5O6. The number of ether oxygens (including phenoxy) is 3. The van der Waals surface area contributed by atoms with E-state index < -0.39 is 5.60 Å². The van der Waals surface area contributed by atoms with Crippen molar-refractivity contribution in [3.8, 4) is 22.9 Å². The van der Waals surface area contributed by atoms with Gasteiger partial charge in [-0.2, -0.15) is 0 Å². The Labute approximate surface area is 257 Å². The molecular weight excluding hydrogens is 562 g/mol. The summed E-state index contributed by atoms with van der Waals surface area (Å²) >= 11 is 0. The first-order valence-corrected chi connectivity index (χ1v) is 14.8. The van der Waals surface area contributed by atoms with Crippen LogP contribution < -0.4 is 14.8 Å². The lowest BCUT2D eigenvalue weighted by Crippen LogP contribution is -2.50. The van der Waals surface area contributed by atoms with Gasteiger partial charge in [0, 0.05) is 54.8 Å². The lowest BCUT2D eigenvalue weighted by Gasteiger charge is -2.39. The molecule has 11 nitrogen and oxygen atoms in total. The Bertz CT molecular complexity index is 1490. The molecule has 44 heavy (non-hydrogen) atoms. The molecule has 2 heterocycles. The maximum absolute atomic E-state index is 13.6. The average Bonchev–Trinajstić information content (AvgIpc) is 3.86. The van der Waals surface area contributed by atoms with Crippen LogP contribution in [0.3, 0.4) is 0 Å². The van der Waals surface area contributed by atoms with Crippen LogP contribution >= 0.6 is 0 Å². The van der Waals surface area contributed by atoms with Crippen molar-refractivity contribution >= 4 is 23.6 Å². The van der Waals surface area contributed by atoms with E-state index in [9.17, 15) is 14.4 Å². The van der Waals surface area contributed by atoms with E-state index in [1.165, 1.54) is 7.11 Å². The molecule has 11 heteroatoms. The van der Waals surface area contributed by atoms with Crippen LogP contribution in [0.1, 0.15) is 67.2 Å². The number of anilines is 1. The van der Waals surface area contributed by atoms with E-state index in [1.807, 2.05) is 25.7 Å². The minimum Gasteiger partial charge on any atom is -0.497 e. The third-order valence-electron chi connectivity index (χ3n) is 7.65. The molecule has 5 rings (SSSR count). The molecule has 1 N–H and O–H groups in total. The summed E-state index contributed by atoms with van der Waals surface area (Å²) in [5.41, 5.74) is 1.59. The molecule has 2 fully saturated rings. The zero-order chi connectivity index (χ0) is 31.4. The molecule has 1 saturated carbocycles. The predicted octanol–water partition coefficient (Wildman–Crippen LogP) is 5.42. The number of rotatable bonds is 8. The lowest BCUT2D eigenvalue weighted by atomic mass is 10.0. The van der Waals surface area contributed by atoms with Crippen molar-refractivity contribution in [3.05, 3.63) is 66.0 Å². The monoisotopic (exact) mass is 601 g/mol. The highest BCUT2D eigenvalue weighted by Crippen LogP contribution is 2.34. The Hall–Kier alpha value is -4.67. The van der Waals surface area contributed by atoms with Gasteiger partial charge in [-0.15, -0.1) is 0 Å². The molecule has 1 aliphatic carbocycles. The second-order valence-electron chi connectivity index (χ2n) is 12.0. The number of carbonyl (C=O) groups excluding carboxylic acids is 3. The molecule has 3 aromatic rings. The number of aromatic nitrogens is 2. The summed E-state index contributed by atoms with van der Waals surface area (Å²) in [4.78, 5) is 51.6. The summed E-state index contributed by atoms with van der Waals surface area (Å²) < 4.78 is 16.1. The number of piperidine rings is 1. The van der Waals surface area contributed by atoms with Crippen LogP contribution in [0.15, 0.2) is 54.9 Å². The topological polar surface area (TPSA) is 123 Å². The summed E-state index contributed by atoms with van der Waals surface area (Å²) in [6.07, 6.45) is 6.16. The van der Waals surface area contributed by atoms with Crippen LogP contribution in [-0.2, 0) is 4.74 Å². The minimum absolute atomic E-state index is 0.0462. The van der Waals surface area contributed by atoms with Gasteiger partial charge < -0.3 is 29.3 Å². The number of carbonyl (C=O) groups is 3. The van der Waals surface area contributed by atoms with Gasteiger partial charge in [0.05, 0.1) is 25.5 Å². The summed E-state index contributed by atoms with van der Waals surface area (Å²) in [6, 6.07) is 12.3. The van der Waals surface area contributed by atoms with Gasteiger partial charge >= 0.3 is 6.09 Å². The third kappa shape index (κ3) is 7.27. The zero-order valence-electron chi connectivity index (χ0n) is 25.8. The van der Waals surface area contributed by atoms with E-state index in [0.29, 0.717) is 60.1 Å². The number of methoxy groups -OCH3 is 2. The van der Waals surface area contributed by atoms with E-state index >= 15 is 0 Å². The van der Waals surface area contributed by atoms with E-state index in [1.54, 1.807) is 66.9 Å². The van der Waals surface area contributed by atoms with Crippen molar-refractivity contribution in [3.63, 3.8) is 0 Å². The molecule has 1 aromatic heterocycles. The van der Waals surface area contributed by atoms with Crippen LogP contribution in [0.25, 0.3) is 11.4 Å². The Balaban J connectivity index is 1.21. The van der Waals surface area contributed by atoms with Crippen molar-refractivity contribution in [2.75, 3.05) is 32.6 Å². The van der Waals surface area contributed by atoms with Crippen LogP contribution in [-0.4, -0.2) is 82.7 Å². The minimum atomic E-state index is -0.542. The Morgan fingerprint density at radius 1 is 0.864 bits per heavy atom. The summed E-state index contributed by atoms with van der Waals surface area (Å²) in [5, 5.41) is 2.86. The first kappa shape index (κ1) is 30.8. The molecule has 0 spiro atoms. The van der Waals surface area contributed by atoms with Gasteiger partial charge in [0.25, 0.3) is 11.8 Å². The first-order valence-electron chi connectivity index (χ1n) is 14.8. The Kier molecular flexibility index (Phi) is 9.03. The molecule has 2 aromatic carbocycles. The van der Waals surface area contributed by atoms with Crippen LogP contribution in [0.5, 0.6) is 11.5 Å². The van der Waals surface area contributed by atoms with E-state index in [-0.39, 0.29) is 30.0 Å². The first-order chi connectivity index (χ1) is 21.1. The SMILES string of the molecule is COc1ccc(NC(=O)c2ccc(-c3ncc(C(=O)N(C4CC4)C4CCN(C(=O)OC(C)(C)C)CC4)cn3)cc2)c(OC)c1. The summed E-state index contributed by atoms with van der Waals surface area (Å²) in [7, 11) is 3.09. The van der Waals surface area contributed by atoms with Crippen molar-refractivity contribution in [1.29, 1.82) is 0 Å². The van der Waals surface area contributed by atoms with Crippen molar-refractivity contribution in [2.24, 2.45) is 0 Å². The van der Waals surface area contributed by atoms with Gasteiger partial charge in [0.2, 0.25) is 0 Å². The van der Waals surface area contributed by atoms with Crippen LogP contribution in [0.2, 0.25) is 0 Å². The largest absolute Gasteiger partial charge is 0.497 e. The number of hydrogen-bond acceptors (Lipinski definition) is 8. The standard InChI is InChI=1S/C33H39N5O6/c1-33(2,3)44-32(41)37-16-14-25(15-17-37)38(24-10-11-24)31(40)23-19-34-29(35-20-23)21-6-8-22(9-7-21)30(39)36-27-13-12-26(42-4)18-28(27)43-5/h6-9,12-13,18-20,24-25H,10-11,14-17H2,1-5H3,(H,36,39). The Morgan fingerprint density at radius 3 is 2.07 bits per heavy atom.